The Morgan fingerprint density at radius 3 is 1.65 bits per heavy atom. The first-order chi connectivity index (χ1) is 29.7. The quantitative estimate of drug-likeness (QED) is 0.152. The van der Waals surface area contributed by atoms with Crippen LogP contribution in [0.2, 0.25) is 0 Å². The molecule has 0 aliphatic rings. The molecule has 0 fully saturated rings. The van der Waals surface area contributed by atoms with Gasteiger partial charge in [-0.2, -0.15) is 0 Å². The van der Waals surface area contributed by atoms with E-state index in [1.54, 1.807) is 0 Å². The highest BCUT2D eigenvalue weighted by atomic mass is 32.1. The number of fused-ring (bicyclic) bond motifs is 8. The van der Waals surface area contributed by atoms with Crippen molar-refractivity contribution in [1.29, 1.82) is 0 Å². The minimum atomic E-state index is 1.11. The Kier molecular flexibility index (Phi) is 8.11. The van der Waals surface area contributed by atoms with Crippen LogP contribution in [-0.4, -0.2) is 0 Å². The summed E-state index contributed by atoms with van der Waals surface area (Å²) in [5, 5.41) is 12.7. The van der Waals surface area contributed by atoms with Gasteiger partial charge in [0.05, 0.1) is 0 Å². The lowest BCUT2D eigenvalue weighted by Crippen LogP contribution is -2.10. The molecule has 0 unspecified atom stereocenters. The molecule has 0 radical (unpaired) electrons. The highest BCUT2D eigenvalue weighted by Crippen LogP contribution is 2.44. The molecule has 0 bridgehead atoms. The molecule has 1 heterocycles. The molecule has 12 rings (SSSR count). The van der Waals surface area contributed by atoms with E-state index >= 15 is 0 Å². The summed E-state index contributed by atoms with van der Waals surface area (Å²) in [6.07, 6.45) is 0. The van der Waals surface area contributed by atoms with Gasteiger partial charge in [0.15, 0.2) is 0 Å². The van der Waals surface area contributed by atoms with Crippen molar-refractivity contribution in [3.8, 4) is 33.4 Å². The van der Waals surface area contributed by atoms with Crippen LogP contribution in [0.1, 0.15) is 0 Å². The third kappa shape index (κ3) is 5.84. The van der Waals surface area contributed by atoms with Crippen LogP contribution in [0.25, 0.3) is 96.6 Å². The lowest BCUT2D eigenvalue weighted by molar-refractivity contribution is 1.30. The van der Waals surface area contributed by atoms with Gasteiger partial charge in [-0.25, -0.2) is 0 Å². The number of thiophene rings is 1. The van der Waals surface area contributed by atoms with Gasteiger partial charge in [-0.05, 0) is 137 Å². The summed E-state index contributed by atoms with van der Waals surface area (Å²) in [5.74, 6) is 0. The number of benzene rings is 11. The van der Waals surface area contributed by atoms with E-state index in [2.05, 4.69) is 229 Å². The fourth-order valence-electron chi connectivity index (χ4n) is 9.27. The van der Waals surface area contributed by atoms with Crippen LogP contribution in [0.4, 0.5) is 17.1 Å². The van der Waals surface area contributed by atoms with E-state index in [9.17, 15) is 0 Å². The zero-order valence-electron chi connectivity index (χ0n) is 32.7. The number of nitrogens with zero attached hydrogens (tertiary/aromatic N) is 1. The Morgan fingerprint density at radius 2 is 0.817 bits per heavy atom. The maximum Gasteiger partial charge on any atom is 0.0468 e. The van der Waals surface area contributed by atoms with Crippen LogP contribution in [0, 0.1) is 0 Å². The van der Waals surface area contributed by atoms with E-state index in [1.165, 1.54) is 96.6 Å². The van der Waals surface area contributed by atoms with Gasteiger partial charge in [0, 0.05) is 37.2 Å². The minimum absolute atomic E-state index is 1.11. The second kappa shape index (κ2) is 14.1. The van der Waals surface area contributed by atoms with Crippen LogP contribution in [0.15, 0.2) is 224 Å². The van der Waals surface area contributed by atoms with Gasteiger partial charge in [-0.3, -0.25) is 0 Å². The topological polar surface area (TPSA) is 3.24 Å². The molecule has 0 amide bonds. The average Bonchev–Trinajstić information content (AvgIpc) is 3.67. The van der Waals surface area contributed by atoms with Crippen LogP contribution < -0.4 is 4.90 Å². The predicted molar refractivity (Wildman–Crippen MR) is 260 cm³/mol. The van der Waals surface area contributed by atoms with Crippen molar-refractivity contribution in [3.05, 3.63) is 224 Å². The van der Waals surface area contributed by atoms with Crippen molar-refractivity contribution >= 4 is 91.7 Å². The number of rotatable bonds is 6. The largest absolute Gasteiger partial charge is 0.310 e. The van der Waals surface area contributed by atoms with Crippen molar-refractivity contribution in [1.82, 2.24) is 0 Å². The zero-order chi connectivity index (χ0) is 39.6. The van der Waals surface area contributed by atoms with Gasteiger partial charge < -0.3 is 4.90 Å². The fraction of sp³-hybridized carbons (Fsp3) is 0. The molecule has 0 saturated heterocycles. The van der Waals surface area contributed by atoms with Gasteiger partial charge in [-0.15, -0.1) is 11.3 Å². The molecule has 11 aromatic carbocycles. The molecule has 0 spiro atoms. The second-order valence-corrected chi connectivity index (χ2v) is 16.8. The summed E-state index contributed by atoms with van der Waals surface area (Å²) in [7, 11) is 0. The summed E-state index contributed by atoms with van der Waals surface area (Å²) >= 11 is 1.87. The lowest BCUT2D eigenvalue weighted by Gasteiger charge is -2.27. The summed E-state index contributed by atoms with van der Waals surface area (Å²) in [6, 6.07) is 82.6. The van der Waals surface area contributed by atoms with E-state index in [1.807, 2.05) is 11.3 Å². The smallest absolute Gasteiger partial charge is 0.0468 e. The monoisotopic (exact) mass is 779 g/mol. The fourth-order valence-corrected chi connectivity index (χ4v) is 10.4. The Labute approximate surface area is 352 Å². The van der Waals surface area contributed by atoms with Crippen molar-refractivity contribution in [2.45, 2.75) is 0 Å². The molecule has 0 saturated carbocycles. The molecule has 12 aromatic rings. The Bertz CT molecular complexity index is 3600. The summed E-state index contributed by atoms with van der Waals surface area (Å²) in [5.41, 5.74) is 10.7. The zero-order valence-corrected chi connectivity index (χ0v) is 33.5. The summed E-state index contributed by atoms with van der Waals surface area (Å²) in [4.78, 5) is 2.43. The first-order valence-electron chi connectivity index (χ1n) is 20.6. The molecule has 280 valence electrons. The molecule has 60 heavy (non-hydrogen) atoms. The summed E-state index contributed by atoms with van der Waals surface area (Å²) < 4.78 is 2.61. The van der Waals surface area contributed by atoms with E-state index in [0.29, 0.717) is 0 Å². The van der Waals surface area contributed by atoms with E-state index in [0.717, 1.165) is 17.1 Å². The third-order valence-corrected chi connectivity index (χ3v) is 13.3. The van der Waals surface area contributed by atoms with E-state index in [-0.39, 0.29) is 0 Å². The van der Waals surface area contributed by atoms with Crippen LogP contribution in [0.5, 0.6) is 0 Å². The van der Waals surface area contributed by atoms with Gasteiger partial charge in [-0.1, -0.05) is 164 Å². The maximum absolute atomic E-state index is 2.43. The van der Waals surface area contributed by atoms with Crippen LogP contribution in [0.3, 0.4) is 0 Å². The molecule has 2 heteroatoms. The highest BCUT2D eigenvalue weighted by Gasteiger charge is 2.18. The van der Waals surface area contributed by atoms with E-state index < -0.39 is 0 Å². The predicted octanol–water partition coefficient (Wildman–Crippen LogP) is 17.1. The number of hydrogen-bond donors (Lipinski definition) is 0. The van der Waals surface area contributed by atoms with Crippen LogP contribution >= 0.6 is 11.3 Å². The van der Waals surface area contributed by atoms with Crippen molar-refractivity contribution in [2.24, 2.45) is 0 Å². The average molecular weight is 780 g/mol. The molecular weight excluding hydrogens is 743 g/mol. The van der Waals surface area contributed by atoms with Crippen LogP contribution in [-0.2, 0) is 0 Å². The highest BCUT2D eigenvalue weighted by molar-refractivity contribution is 7.25. The first-order valence-corrected chi connectivity index (χ1v) is 21.4. The second-order valence-electron chi connectivity index (χ2n) is 15.7. The maximum atomic E-state index is 2.43. The van der Waals surface area contributed by atoms with E-state index in [4.69, 9.17) is 0 Å². The minimum Gasteiger partial charge on any atom is -0.310 e. The molecule has 0 atom stereocenters. The lowest BCUT2D eigenvalue weighted by atomic mass is 9.90. The van der Waals surface area contributed by atoms with Gasteiger partial charge >= 0.3 is 0 Å². The number of hydrogen-bond acceptors (Lipinski definition) is 2. The first kappa shape index (κ1) is 34.5. The molecule has 0 N–H and O–H groups in total. The Hall–Kier alpha value is -7.52. The van der Waals surface area contributed by atoms with Crippen molar-refractivity contribution < 1.29 is 0 Å². The Morgan fingerprint density at radius 1 is 0.250 bits per heavy atom. The summed E-state index contributed by atoms with van der Waals surface area (Å²) in [6.45, 7) is 0. The van der Waals surface area contributed by atoms with Crippen molar-refractivity contribution in [3.63, 3.8) is 0 Å². The van der Waals surface area contributed by atoms with Gasteiger partial charge in [0.1, 0.15) is 0 Å². The molecule has 1 aromatic heterocycles. The molecule has 0 aliphatic heterocycles. The van der Waals surface area contributed by atoms with Gasteiger partial charge in [0.2, 0.25) is 0 Å². The van der Waals surface area contributed by atoms with Gasteiger partial charge in [0.25, 0.3) is 0 Å². The standard InChI is InChI=1S/C58H37NS/c1-2-12-38(13-3-1)39-24-26-40(27-25-39)41-17-10-19-46(32-41)59(48-29-31-57-56(37-48)55-34-42-14-4-5-15-43(42)36-58(55)60-57)47-28-30-50-44(33-47)18-11-23-52(50)54-35-45-16-6-7-20-49(45)51-21-8-9-22-53(51)54/h1-37H. The Balaban J connectivity index is 1.03. The molecule has 0 aliphatic carbocycles. The number of anilines is 3. The normalized spacial score (nSPS) is 11.7. The molecule has 1 nitrogen and oxygen atoms in total. The molecular formula is C58H37NS. The SMILES string of the molecule is c1ccc(-c2ccc(-c3cccc(N(c4ccc5c(-c6cc7ccccc7c7ccccc67)cccc5c4)c4ccc5sc6cc7ccccc7cc6c5c4)c3)cc2)cc1. The third-order valence-electron chi connectivity index (χ3n) is 12.2. The van der Waals surface area contributed by atoms with Crippen molar-refractivity contribution in [2.75, 3.05) is 4.90 Å².